The third-order valence-corrected chi connectivity index (χ3v) is 2.74. The average Bonchev–Trinajstić information content (AvgIpc) is 2.50. The fourth-order valence-electron chi connectivity index (χ4n) is 0.672. The molecule has 0 fully saturated rings. The predicted molar refractivity (Wildman–Crippen MR) is 47.1 cm³/mol. The minimum atomic E-state index is 0.0805. The molecule has 1 aromatic heterocycles. The smallest absolute Gasteiger partial charge is 0.122 e. The number of hydrogen-bond acceptors (Lipinski definition) is 3. The van der Waals surface area contributed by atoms with Gasteiger partial charge < -0.3 is 4.74 Å². The SMILES string of the molecule is CO[C@@H](C)c1nc(CCl)cs1. The number of thiazole rings is 1. The lowest BCUT2D eigenvalue weighted by Gasteiger charge is -2.03. The largest absolute Gasteiger partial charge is 0.375 e. The third-order valence-electron chi connectivity index (χ3n) is 1.41. The molecule has 4 heteroatoms. The molecular weight excluding hydrogens is 182 g/mol. The molecule has 0 saturated heterocycles. The molecule has 1 rings (SSSR count). The van der Waals surface area contributed by atoms with Crippen molar-refractivity contribution in [2.45, 2.75) is 18.9 Å². The van der Waals surface area contributed by atoms with Crippen molar-refractivity contribution in [3.63, 3.8) is 0 Å². The number of methoxy groups -OCH3 is 1. The molecule has 0 bridgehead atoms. The van der Waals surface area contributed by atoms with Crippen molar-refractivity contribution in [3.05, 3.63) is 16.1 Å². The maximum Gasteiger partial charge on any atom is 0.122 e. The van der Waals surface area contributed by atoms with Crippen molar-refractivity contribution in [1.29, 1.82) is 0 Å². The van der Waals surface area contributed by atoms with Gasteiger partial charge in [0.1, 0.15) is 11.1 Å². The zero-order valence-electron chi connectivity index (χ0n) is 6.50. The van der Waals surface area contributed by atoms with Crippen LogP contribution in [0.5, 0.6) is 0 Å². The van der Waals surface area contributed by atoms with E-state index in [1.165, 1.54) is 0 Å². The van der Waals surface area contributed by atoms with Crippen LogP contribution < -0.4 is 0 Å². The second-order valence-electron chi connectivity index (χ2n) is 2.19. The molecule has 0 N–H and O–H groups in total. The van der Waals surface area contributed by atoms with Gasteiger partial charge >= 0.3 is 0 Å². The van der Waals surface area contributed by atoms with Crippen LogP contribution in [0.1, 0.15) is 23.7 Å². The highest BCUT2D eigenvalue weighted by Gasteiger charge is 2.07. The van der Waals surface area contributed by atoms with Crippen molar-refractivity contribution >= 4 is 22.9 Å². The molecule has 0 amide bonds. The average molecular weight is 192 g/mol. The summed E-state index contributed by atoms with van der Waals surface area (Å²) >= 11 is 7.18. The molecule has 0 aliphatic carbocycles. The van der Waals surface area contributed by atoms with E-state index < -0.39 is 0 Å². The summed E-state index contributed by atoms with van der Waals surface area (Å²) in [5, 5.41) is 2.95. The van der Waals surface area contributed by atoms with Crippen LogP contribution in [0, 0.1) is 0 Å². The van der Waals surface area contributed by atoms with Gasteiger partial charge in [-0.25, -0.2) is 4.98 Å². The van der Waals surface area contributed by atoms with E-state index in [2.05, 4.69) is 4.98 Å². The predicted octanol–water partition coefficient (Wildman–Crippen LogP) is 2.59. The molecule has 0 saturated carbocycles. The molecule has 1 aromatic rings. The van der Waals surface area contributed by atoms with E-state index in [1.54, 1.807) is 18.4 Å². The molecule has 0 radical (unpaired) electrons. The number of hydrogen-bond donors (Lipinski definition) is 0. The second kappa shape index (κ2) is 4.04. The topological polar surface area (TPSA) is 22.1 Å². The van der Waals surface area contributed by atoms with E-state index in [0.29, 0.717) is 5.88 Å². The van der Waals surface area contributed by atoms with Crippen molar-refractivity contribution in [2.24, 2.45) is 0 Å². The lowest BCUT2D eigenvalue weighted by Crippen LogP contribution is -1.94. The highest BCUT2D eigenvalue weighted by atomic mass is 35.5. The number of rotatable bonds is 3. The van der Waals surface area contributed by atoms with E-state index >= 15 is 0 Å². The van der Waals surface area contributed by atoms with Crippen LogP contribution in [0.25, 0.3) is 0 Å². The van der Waals surface area contributed by atoms with Gasteiger partial charge in [0, 0.05) is 12.5 Å². The molecule has 62 valence electrons. The fraction of sp³-hybridized carbons (Fsp3) is 0.571. The summed E-state index contributed by atoms with van der Waals surface area (Å²) < 4.78 is 5.10. The molecule has 0 unspecified atom stereocenters. The zero-order chi connectivity index (χ0) is 8.27. The van der Waals surface area contributed by atoms with Crippen LogP contribution in [0.4, 0.5) is 0 Å². The monoisotopic (exact) mass is 191 g/mol. The normalized spacial score (nSPS) is 13.4. The molecule has 11 heavy (non-hydrogen) atoms. The Morgan fingerprint density at radius 3 is 3.00 bits per heavy atom. The van der Waals surface area contributed by atoms with E-state index in [0.717, 1.165) is 10.7 Å². The van der Waals surface area contributed by atoms with Crippen LogP contribution in [0.15, 0.2) is 5.38 Å². The van der Waals surface area contributed by atoms with E-state index in [9.17, 15) is 0 Å². The van der Waals surface area contributed by atoms with Gasteiger partial charge in [-0.2, -0.15) is 0 Å². The van der Waals surface area contributed by atoms with Gasteiger partial charge in [0.2, 0.25) is 0 Å². The number of alkyl halides is 1. The summed E-state index contributed by atoms with van der Waals surface area (Å²) in [5.74, 6) is 0.479. The number of nitrogens with zero attached hydrogens (tertiary/aromatic N) is 1. The highest BCUT2D eigenvalue weighted by Crippen LogP contribution is 2.20. The zero-order valence-corrected chi connectivity index (χ0v) is 8.08. The Kier molecular flexibility index (Phi) is 3.30. The third kappa shape index (κ3) is 2.15. The molecule has 0 spiro atoms. The van der Waals surface area contributed by atoms with E-state index in [4.69, 9.17) is 16.3 Å². The first-order valence-electron chi connectivity index (χ1n) is 3.31. The summed E-state index contributed by atoms with van der Waals surface area (Å²) in [6, 6.07) is 0. The Hall–Kier alpha value is -0.120. The summed E-state index contributed by atoms with van der Waals surface area (Å²) in [5.41, 5.74) is 0.926. The summed E-state index contributed by atoms with van der Waals surface area (Å²) in [7, 11) is 1.67. The van der Waals surface area contributed by atoms with Gasteiger partial charge in [0.05, 0.1) is 11.6 Å². The first-order chi connectivity index (χ1) is 5.27. The Morgan fingerprint density at radius 1 is 1.82 bits per heavy atom. The molecule has 0 aliphatic rings. The van der Waals surface area contributed by atoms with Crippen molar-refractivity contribution in [3.8, 4) is 0 Å². The molecule has 0 aliphatic heterocycles. The number of aromatic nitrogens is 1. The molecule has 2 nitrogen and oxygen atoms in total. The van der Waals surface area contributed by atoms with Gasteiger partial charge in [0.25, 0.3) is 0 Å². The van der Waals surface area contributed by atoms with Crippen LogP contribution in [0.3, 0.4) is 0 Å². The number of halogens is 1. The number of ether oxygens (including phenoxy) is 1. The fourth-order valence-corrected chi connectivity index (χ4v) is 1.75. The lowest BCUT2D eigenvalue weighted by atomic mass is 10.4. The quantitative estimate of drug-likeness (QED) is 0.686. The van der Waals surface area contributed by atoms with Gasteiger partial charge in [0.15, 0.2) is 0 Å². The van der Waals surface area contributed by atoms with Crippen molar-refractivity contribution in [1.82, 2.24) is 4.98 Å². The maximum atomic E-state index is 5.59. The van der Waals surface area contributed by atoms with Crippen molar-refractivity contribution in [2.75, 3.05) is 7.11 Å². The molecule has 1 atom stereocenters. The van der Waals surface area contributed by atoms with Gasteiger partial charge in [-0.3, -0.25) is 0 Å². The Labute approximate surface area is 75.2 Å². The highest BCUT2D eigenvalue weighted by molar-refractivity contribution is 7.09. The Balaban J connectivity index is 2.71. The molecule has 1 heterocycles. The molecule has 0 aromatic carbocycles. The van der Waals surface area contributed by atoms with Crippen LogP contribution in [-0.2, 0) is 10.6 Å². The standard InChI is InChI=1S/C7H10ClNOS/c1-5(10-2)7-9-6(3-8)4-11-7/h4-5H,3H2,1-2H3/t5-/m0/s1. The van der Waals surface area contributed by atoms with Gasteiger partial charge in [-0.1, -0.05) is 0 Å². The van der Waals surface area contributed by atoms with Crippen molar-refractivity contribution < 1.29 is 4.74 Å². The minimum Gasteiger partial charge on any atom is -0.375 e. The first kappa shape index (κ1) is 8.97. The van der Waals surface area contributed by atoms with E-state index in [-0.39, 0.29) is 6.10 Å². The minimum absolute atomic E-state index is 0.0805. The maximum absolute atomic E-state index is 5.59. The van der Waals surface area contributed by atoms with E-state index in [1.807, 2.05) is 12.3 Å². The Bertz CT molecular complexity index is 226. The Morgan fingerprint density at radius 2 is 2.55 bits per heavy atom. The summed E-state index contributed by atoms with van der Waals surface area (Å²) in [4.78, 5) is 4.26. The van der Waals surface area contributed by atoms with Crippen LogP contribution >= 0.6 is 22.9 Å². The second-order valence-corrected chi connectivity index (χ2v) is 3.35. The summed E-state index contributed by atoms with van der Waals surface area (Å²) in [6.45, 7) is 1.97. The van der Waals surface area contributed by atoms with Crippen LogP contribution in [-0.4, -0.2) is 12.1 Å². The molecular formula is C7H10ClNOS. The first-order valence-corrected chi connectivity index (χ1v) is 4.72. The van der Waals surface area contributed by atoms with Crippen LogP contribution in [0.2, 0.25) is 0 Å². The van der Waals surface area contributed by atoms with Gasteiger partial charge in [-0.15, -0.1) is 22.9 Å². The van der Waals surface area contributed by atoms with Gasteiger partial charge in [-0.05, 0) is 6.92 Å². The summed E-state index contributed by atoms with van der Waals surface area (Å²) in [6.07, 6.45) is 0.0805. The lowest BCUT2D eigenvalue weighted by molar-refractivity contribution is 0.119.